The molecule has 1 aromatic rings. The van der Waals surface area contributed by atoms with Crippen LogP contribution in [0.2, 0.25) is 0 Å². The van der Waals surface area contributed by atoms with Gasteiger partial charge in [-0.25, -0.2) is 0 Å². The number of piperazine rings is 1. The molecule has 0 aromatic heterocycles. The van der Waals surface area contributed by atoms with Gasteiger partial charge in [0.1, 0.15) is 0 Å². The zero-order valence-electron chi connectivity index (χ0n) is 13.0. The van der Waals surface area contributed by atoms with Crippen LogP contribution in [0.5, 0.6) is 0 Å². The summed E-state index contributed by atoms with van der Waals surface area (Å²) < 4.78 is 0. The van der Waals surface area contributed by atoms with Crippen molar-refractivity contribution >= 4 is 11.8 Å². The molecule has 0 saturated carbocycles. The van der Waals surface area contributed by atoms with Crippen LogP contribution in [0.15, 0.2) is 30.3 Å². The highest BCUT2D eigenvalue weighted by Crippen LogP contribution is 2.25. The maximum Gasteiger partial charge on any atom is 0.0473 e. The monoisotopic (exact) mass is 292 g/mol. The van der Waals surface area contributed by atoms with Gasteiger partial charge in [-0.1, -0.05) is 44.2 Å². The molecular weight excluding hydrogens is 264 g/mol. The minimum absolute atomic E-state index is 0.531. The lowest BCUT2D eigenvalue weighted by atomic mass is 9.99. The summed E-state index contributed by atoms with van der Waals surface area (Å²) in [4.78, 5) is 2.70. The van der Waals surface area contributed by atoms with Crippen LogP contribution in [0, 0.1) is 5.92 Å². The van der Waals surface area contributed by atoms with Crippen LogP contribution >= 0.6 is 11.8 Å². The summed E-state index contributed by atoms with van der Waals surface area (Å²) in [5, 5.41) is 3.71. The summed E-state index contributed by atoms with van der Waals surface area (Å²) in [5.41, 5.74) is 1.45. The average Bonchev–Trinajstić information content (AvgIpc) is 2.48. The van der Waals surface area contributed by atoms with Gasteiger partial charge in [0.2, 0.25) is 0 Å². The van der Waals surface area contributed by atoms with E-state index in [1.807, 2.05) is 11.8 Å². The number of nitrogens with one attached hydrogen (secondary N) is 1. The van der Waals surface area contributed by atoms with Gasteiger partial charge < -0.3 is 5.32 Å². The van der Waals surface area contributed by atoms with Crippen molar-refractivity contribution in [3.05, 3.63) is 35.9 Å². The van der Waals surface area contributed by atoms with Crippen molar-refractivity contribution in [1.82, 2.24) is 10.2 Å². The Morgan fingerprint density at radius 2 is 2.10 bits per heavy atom. The van der Waals surface area contributed by atoms with Crippen molar-refractivity contribution in [2.75, 3.05) is 31.6 Å². The number of thioether (sulfide) groups is 1. The lowest BCUT2D eigenvalue weighted by molar-refractivity contribution is 0.115. The Bertz CT molecular complexity index is 382. The minimum Gasteiger partial charge on any atom is -0.311 e. The van der Waals surface area contributed by atoms with Gasteiger partial charge in [0.05, 0.1) is 0 Å². The molecule has 20 heavy (non-hydrogen) atoms. The highest BCUT2D eigenvalue weighted by atomic mass is 32.2. The molecule has 1 fully saturated rings. The largest absolute Gasteiger partial charge is 0.311 e. The van der Waals surface area contributed by atoms with Gasteiger partial charge in [-0.2, -0.15) is 11.8 Å². The van der Waals surface area contributed by atoms with Crippen LogP contribution in [-0.2, 0) is 0 Å². The first-order valence-electron chi connectivity index (χ1n) is 7.75. The van der Waals surface area contributed by atoms with Crippen LogP contribution < -0.4 is 5.32 Å². The van der Waals surface area contributed by atoms with E-state index >= 15 is 0 Å². The maximum atomic E-state index is 3.71. The first-order valence-corrected chi connectivity index (χ1v) is 9.15. The molecule has 0 aliphatic carbocycles. The number of hydrogen-bond acceptors (Lipinski definition) is 3. The Labute approximate surface area is 128 Å². The Kier molecular flexibility index (Phi) is 6.40. The van der Waals surface area contributed by atoms with Gasteiger partial charge in [0.25, 0.3) is 0 Å². The Hall–Kier alpha value is -0.510. The lowest BCUT2D eigenvalue weighted by Gasteiger charge is -2.41. The molecule has 2 nitrogen and oxygen atoms in total. The number of rotatable bonds is 6. The van der Waals surface area contributed by atoms with E-state index in [9.17, 15) is 0 Å². The fourth-order valence-corrected chi connectivity index (χ4v) is 3.77. The fraction of sp³-hybridized carbons (Fsp3) is 0.647. The van der Waals surface area contributed by atoms with Crippen molar-refractivity contribution in [1.29, 1.82) is 0 Å². The van der Waals surface area contributed by atoms with E-state index in [0.717, 1.165) is 12.5 Å². The smallest absolute Gasteiger partial charge is 0.0473 e. The molecule has 2 rings (SSSR count). The van der Waals surface area contributed by atoms with E-state index in [4.69, 9.17) is 0 Å². The Balaban J connectivity index is 2.07. The van der Waals surface area contributed by atoms with Gasteiger partial charge in [-0.3, -0.25) is 4.90 Å². The van der Waals surface area contributed by atoms with Gasteiger partial charge in [-0.05, 0) is 29.9 Å². The zero-order chi connectivity index (χ0) is 14.4. The van der Waals surface area contributed by atoms with Crippen molar-refractivity contribution in [2.45, 2.75) is 32.4 Å². The van der Waals surface area contributed by atoms with Crippen molar-refractivity contribution < 1.29 is 0 Å². The van der Waals surface area contributed by atoms with Crippen LogP contribution in [0.25, 0.3) is 0 Å². The van der Waals surface area contributed by atoms with Crippen molar-refractivity contribution in [3.8, 4) is 0 Å². The third-order valence-corrected chi connectivity index (χ3v) is 5.07. The molecular formula is C17H28N2S. The molecule has 1 heterocycles. The molecule has 1 aliphatic heterocycles. The standard InChI is InChI=1S/C17H28N2S/c1-4-16-12-19(11-14(2)13-20-3)17(10-18-16)15-8-6-5-7-9-15/h5-9,14,16-18H,4,10-13H2,1-3H3. The fourth-order valence-electron chi connectivity index (χ4n) is 3.10. The molecule has 1 aromatic carbocycles. The molecule has 0 radical (unpaired) electrons. The van der Waals surface area contributed by atoms with E-state index < -0.39 is 0 Å². The van der Waals surface area contributed by atoms with E-state index in [1.54, 1.807) is 0 Å². The predicted octanol–water partition coefficient (Wildman–Crippen LogP) is 3.41. The van der Waals surface area contributed by atoms with Crippen LogP contribution in [0.4, 0.5) is 0 Å². The topological polar surface area (TPSA) is 15.3 Å². The normalized spacial score (nSPS) is 25.6. The molecule has 0 bridgehead atoms. The van der Waals surface area contributed by atoms with Gasteiger partial charge in [-0.15, -0.1) is 0 Å². The molecule has 112 valence electrons. The predicted molar refractivity (Wildman–Crippen MR) is 90.4 cm³/mol. The van der Waals surface area contributed by atoms with E-state index in [1.165, 1.54) is 30.8 Å². The van der Waals surface area contributed by atoms with Gasteiger partial charge in [0, 0.05) is 31.7 Å². The van der Waals surface area contributed by atoms with E-state index in [2.05, 4.69) is 60.7 Å². The SMILES string of the molecule is CCC1CN(CC(C)CSC)C(c2ccccc2)CN1. The van der Waals surface area contributed by atoms with Crippen molar-refractivity contribution in [3.63, 3.8) is 0 Å². The highest BCUT2D eigenvalue weighted by Gasteiger charge is 2.28. The molecule has 3 atom stereocenters. The number of nitrogens with zero attached hydrogens (tertiary/aromatic N) is 1. The Morgan fingerprint density at radius 3 is 2.75 bits per heavy atom. The van der Waals surface area contributed by atoms with Crippen molar-refractivity contribution in [2.24, 2.45) is 5.92 Å². The van der Waals surface area contributed by atoms with E-state index in [0.29, 0.717) is 12.1 Å². The number of benzene rings is 1. The van der Waals surface area contributed by atoms with Gasteiger partial charge in [0.15, 0.2) is 0 Å². The minimum atomic E-state index is 0.531. The molecule has 1 aliphatic rings. The summed E-state index contributed by atoms with van der Waals surface area (Å²) in [6, 6.07) is 12.1. The maximum absolute atomic E-state index is 3.71. The van der Waals surface area contributed by atoms with Gasteiger partial charge >= 0.3 is 0 Å². The molecule has 3 unspecified atom stereocenters. The highest BCUT2D eigenvalue weighted by molar-refractivity contribution is 7.98. The summed E-state index contributed by atoms with van der Waals surface area (Å²) in [7, 11) is 0. The first-order chi connectivity index (χ1) is 9.74. The molecule has 1 saturated heterocycles. The third-order valence-electron chi connectivity index (χ3n) is 4.17. The molecule has 0 amide bonds. The molecule has 1 N–H and O–H groups in total. The number of hydrogen-bond donors (Lipinski definition) is 1. The molecule has 3 heteroatoms. The third kappa shape index (κ3) is 4.24. The average molecular weight is 292 g/mol. The Morgan fingerprint density at radius 1 is 1.35 bits per heavy atom. The zero-order valence-corrected chi connectivity index (χ0v) is 13.8. The quantitative estimate of drug-likeness (QED) is 0.865. The van der Waals surface area contributed by atoms with Crippen LogP contribution in [-0.4, -0.2) is 42.6 Å². The van der Waals surface area contributed by atoms with Crippen LogP contribution in [0.3, 0.4) is 0 Å². The second-order valence-corrected chi connectivity index (χ2v) is 6.87. The lowest BCUT2D eigenvalue weighted by Crippen LogP contribution is -2.53. The second-order valence-electron chi connectivity index (χ2n) is 5.95. The molecule has 0 spiro atoms. The summed E-state index contributed by atoms with van der Waals surface area (Å²) in [5.74, 6) is 2.01. The summed E-state index contributed by atoms with van der Waals surface area (Å²) in [6.45, 7) is 8.12. The summed E-state index contributed by atoms with van der Waals surface area (Å²) in [6.07, 6.45) is 3.42. The first kappa shape index (κ1) is 15.9. The summed E-state index contributed by atoms with van der Waals surface area (Å²) >= 11 is 1.96. The second kappa shape index (κ2) is 8.06. The van der Waals surface area contributed by atoms with E-state index in [-0.39, 0.29) is 0 Å². The van der Waals surface area contributed by atoms with Crippen LogP contribution in [0.1, 0.15) is 31.9 Å².